The fourth-order valence-electron chi connectivity index (χ4n) is 21.2. The highest BCUT2D eigenvalue weighted by Crippen LogP contribution is 2.47. The van der Waals surface area contributed by atoms with E-state index >= 15 is 28.8 Å². The van der Waals surface area contributed by atoms with Crippen molar-refractivity contribution in [2.75, 3.05) is 48.0 Å². The minimum Gasteiger partial charge on any atom is -0.339 e. The lowest BCUT2D eigenvalue weighted by Crippen LogP contribution is -2.58. The molecule has 6 aromatic heterocycles. The number of hydrogen-bond acceptors (Lipinski definition) is 12. The first-order valence-corrected chi connectivity index (χ1v) is 59.2. The molecule has 6 heterocycles. The number of fused-ring (bicyclic) bond motifs is 9. The molecule has 2 fully saturated rings. The zero-order valence-electron chi connectivity index (χ0n) is 84.0. The maximum absolute atomic E-state index is 16.4. The van der Waals surface area contributed by atoms with Gasteiger partial charge in [0.25, 0.3) is 0 Å². The molecule has 2 saturated carbocycles. The summed E-state index contributed by atoms with van der Waals surface area (Å²) in [7, 11) is -7.83. The summed E-state index contributed by atoms with van der Waals surface area (Å²) in [6, 6.07) is 76.3. The van der Waals surface area contributed by atoms with Gasteiger partial charge in [-0.05, 0) is 156 Å². The average Bonchev–Trinajstić information content (AvgIpc) is 0.751. The summed E-state index contributed by atoms with van der Waals surface area (Å²) in [4.78, 5) is 134. The zero-order valence-corrected chi connectivity index (χ0v) is 87.0. The van der Waals surface area contributed by atoms with Gasteiger partial charge in [0.1, 0.15) is 0 Å². The largest absolute Gasteiger partial charge is 0.339 e. The van der Waals surface area contributed by atoms with Gasteiger partial charge < -0.3 is 28.4 Å². The number of hydrogen-bond donors (Lipinski definition) is 0. The number of aromatic nitrogens is 6. The fourth-order valence-corrected chi connectivity index (χ4v) is 26.4. The van der Waals surface area contributed by atoms with Crippen molar-refractivity contribution in [1.82, 2.24) is 29.9 Å². The van der Waals surface area contributed by atoms with Crippen LogP contribution in [0.4, 0.5) is 34.1 Å². The third-order valence-corrected chi connectivity index (χ3v) is 32.6. The lowest BCUT2D eigenvalue weighted by atomic mass is 9.73. The van der Waals surface area contributed by atoms with E-state index in [2.05, 4.69) is 255 Å². The van der Waals surface area contributed by atoms with Gasteiger partial charge in [0.15, 0.2) is 24.7 Å². The molecule has 21 heteroatoms. The van der Waals surface area contributed by atoms with Crippen LogP contribution in [0.25, 0.3) is 110 Å². The van der Waals surface area contributed by atoms with Gasteiger partial charge in [0.2, 0.25) is 35.4 Å². The van der Waals surface area contributed by atoms with Crippen molar-refractivity contribution in [3.05, 3.63) is 278 Å². The molecule has 17 rings (SSSR count). The highest BCUT2D eigenvalue weighted by atomic mass is 28.3. The number of carbonyl (C=O) groups is 6. The minimum atomic E-state index is -2.68. The van der Waals surface area contributed by atoms with Gasteiger partial charge in [0.05, 0.1) is 105 Å². The highest BCUT2D eigenvalue weighted by Gasteiger charge is 2.50. The number of amides is 6. The molecule has 0 radical (unpaired) electrons. The number of aryl methyl sites for hydroxylation is 3. The van der Waals surface area contributed by atoms with E-state index in [4.69, 9.17) is 29.9 Å². The number of pyridine rings is 6. The molecular formula is C117H130N12O6Si3. The van der Waals surface area contributed by atoms with E-state index in [9.17, 15) is 0 Å². The van der Waals surface area contributed by atoms with Crippen LogP contribution in [-0.4, -0.2) is 110 Å². The summed E-state index contributed by atoms with van der Waals surface area (Å²) >= 11 is 0. The first-order chi connectivity index (χ1) is 65.4. The Balaban J connectivity index is 0.661. The molecule has 0 saturated heterocycles. The van der Waals surface area contributed by atoms with Gasteiger partial charge in [0, 0.05) is 104 Å². The molecule has 0 bridgehead atoms. The van der Waals surface area contributed by atoms with Crippen molar-refractivity contribution < 1.29 is 28.8 Å². The molecule has 0 N–H and O–H groups in total. The van der Waals surface area contributed by atoms with Crippen LogP contribution in [0.2, 0.25) is 58.9 Å². The highest BCUT2D eigenvalue weighted by molar-refractivity contribution is 6.84. The van der Waals surface area contributed by atoms with Crippen LogP contribution in [0.5, 0.6) is 0 Å². The number of anilines is 6. The quantitative estimate of drug-likeness (QED) is 0.0460. The Bertz CT molecular complexity index is 7240. The van der Waals surface area contributed by atoms with Gasteiger partial charge in [-0.3, -0.25) is 58.7 Å². The first kappa shape index (κ1) is 96.6. The predicted molar refractivity (Wildman–Crippen MR) is 577 cm³/mol. The van der Waals surface area contributed by atoms with Crippen molar-refractivity contribution in [3.8, 4) is 44.9 Å². The van der Waals surface area contributed by atoms with Crippen LogP contribution < -0.4 is 28.4 Å². The fraction of sp³-hybridized carbons (Fsp3) is 0.333. The topological polar surface area (TPSA) is 199 Å². The predicted octanol–water partition coefficient (Wildman–Crippen LogP) is 27.1. The second kappa shape index (κ2) is 38.0. The molecule has 2 aliphatic carbocycles. The van der Waals surface area contributed by atoms with E-state index in [-0.39, 0.29) is 84.8 Å². The van der Waals surface area contributed by atoms with Crippen LogP contribution in [-0.2, 0) is 28.8 Å². The molecule has 706 valence electrons. The van der Waals surface area contributed by atoms with E-state index in [0.29, 0.717) is 53.8 Å². The molecule has 9 aromatic carbocycles. The van der Waals surface area contributed by atoms with E-state index < -0.39 is 65.6 Å². The maximum Gasteiger partial charge on any atom is 0.230 e. The monoisotopic (exact) mass is 1880 g/mol. The van der Waals surface area contributed by atoms with Crippen LogP contribution in [0.1, 0.15) is 118 Å². The smallest absolute Gasteiger partial charge is 0.230 e. The minimum absolute atomic E-state index is 0.0911. The van der Waals surface area contributed by atoms with Crippen LogP contribution >= 0.6 is 0 Å². The summed E-state index contributed by atoms with van der Waals surface area (Å²) < 4.78 is 5.97. The normalized spacial score (nSPS) is 16.8. The van der Waals surface area contributed by atoms with E-state index in [1.165, 1.54) is 0 Å². The number of carbonyl (C=O) groups excluding carboxylic acids is 6. The molecular weight excluding hydrogens is 1750 g/mol. The SMILES string of the molecule is Cc1cc(N(CC(C)(C)C)C(=O)C2CC(C(=O)N(CC(C)(C)C)c3cnc(-c4ccc(-c5cccc6c5ccc5cc(N(C(=O)C7CC(C(=O)N(c8cnc(-c9ccccc9)c(C)c8)[Si](C)(C)C)CC(C(=O)N(c8cnc9c(ccc%10ccccc%109)c8)[Si](C)(C)C)C7)[Si](C)(C)C)cnc56)cc4)c(C)c3)CC(C(=O)N(CC(C)(C)C)c3cnc4c(ccc5ccccc54)c3)C2)cnc1-c1ccccc1. The second-order valence-electron chi connectivity index (χ2n) is 45.3. The van der Waals surface area contributed by atoms with Crippen LogP contribution in [0.15, 0.2) is 262 Å². The Kier molecular flexibility index (Phi) is 26.6. The van der Waals surface area contributed by atoms with Gasteiger partial charge in [-0.2, -0.15) is 0 Å². The van der Waals surface area contributed by atoms with Crippen molar-refractivity contribution in [3.63, 3.8) is 0 Å². The average molecular weight is 1880 g/mol. The molecule has 138 heavy (non-hydrogen) atoms. The standard InChI is InChI=1S/C117H130N12O6Si3/c1-74-53-92(65-118-103(74)80-35-24-22-25-36-80)124(71-115(4,5)6)109(130)86-56-87(58-88(57-86)111(132)126(73-117(10,11)12)94-62-83-49-45-77-33-28-30-39-99(77)106(83)121-67-94)110(131)125(72-116(7,8)9)93-54-75(2)105(119-66-93)82-47-43-79(44-48-82)98-41-32-42-102-101(98)52-51-85-64-97(70-123-108(85)102)129(138(19,20)21)114(135)91-60-89(112(133)127(136(13,14)15)95-55-76(3)104(120-68-95)81-37-26-23-27-38-81)59-90(61-91)113(134)128(137(16,17)18)96-63-84-50-46-78-34-29-31-40-100(78)107(84)122-69-96/h22-55,62-70,86-91H,56-61,71-73H2,1-21H3. The number of nitrogens with zero attached hydrogens (tertiary/aromatic N) is 12. The van der Waals surface area contributed by atoms with Gasteiger partial charge in [-0.25, -0.2) is 0 Å². The Morgan fingerprint density at radius 1 is 0.268 bits per heavy atom. The molecule has 0 aliphatic heterocycles. The molecule has 18 nitrogen and oxygen atoms in total. The molecule has 2 aliphatic rings. The molecule has 6 amide bonds. The van der Waals surface area contributed by atoms with E-state index in [1.807, 2.05) is 165 Å². The number of benzene rings is 9. The van der Waals surface area contributed by atoms with E-state index in [0.717, 1.165) is 127 Å². The lowest BCUT2D eigenvalue weighted by molar-refractivity contribution is -0.134. The zero-order chi connectivity index (χ0) is 98.1. The van der Waals surface area contributed by atoms with Gasteiger partial charge in [-0.15, -0.1) is 0 Å². The first-order valence-electron chi connectivity index (χ1n) is 48.8. The number of rotatable bonds is 22. The third kappa shape index (κ3) is 20.4. The maximum atomic E-state index is 16.4. The molecule has 6 unspecified atom stereocenters. The lowest BCUT2D eigenvalue weighted by Gasteiger charge is -2.44. The van der Waals surface area contributed by atoms with Crippen molar-refractivity contribution >= 4 is 159 Å². The van der Waals surface area contributed by atoms with Crippen molar-refractivity contribution in [2.45, 2.75) is 181 Å². The summed E-state index contributed by atoms with van der Waals surface area (Å²) in [5.41, 5.74) is 15.5. The Hall–Kier alpha value is -13.1. The van der Waals surface area contributed by atoms with Crippen molar-refractivity contribution in [1.29, 1.82) is 0 Å². The summed E-state index contributed by atoms with van der Waals surface area (Å²) in [5.74, 6) is -4.98. The van der Waals surface area contributed by atoms with E-state index in [1.54, 1.807) is 12.4 Å². The summed E-state index contributed by atoms with van der Waals surface area (Å²) in [5, 5.41) is 8.87. The Labute approximate surface area is 816 Å². The molecule has 6 atom stereocenters. The molecule has 15 aromatic rings. The second-order valence-corrected chi connectivity index (χ2v) is 59.7. The Morgan fingerprint density at radius 2 is 0.536 bits per heavy atom. The Morgan fingerprint density at radius 3 is 0.899 bits per heavy atom. The van der Waals surface area contributed by atoms with Gasteiger partial charge in [-0.1, -0.05) is 309 Å². The van der Waals surface area contributed by atoms with Crippen LogP contribution in [0, 0.1) is 72.5 Å². The summed E-state index contributed by atoms with van der Waals surface area (Å²) in [6.07, 6.45) is 12.4. The van der Waals surface area contributed by atoms with Crippen LogP contribution in [0.3, 0.4) is 0 Å². The summed E-state index contributed by atoms with van der Waals surface area (Å²) in [6.45, 7) is 45.8. The van der Waals surface area contributed by atoms with Crippen molar-refractivity contribution in [2.24, 2.45) is 51.8 Å². The van der Waals surface area contributed by atoms with Gasteiger partial charge >= 0.3 is 0 Å². The molecule has 0 spiro atoms. The third-order valence-electron chi connectivity index (χ3n) is 27.2.